The van der Waals surface area contributed by atoms with E-state index in [1.807, 2.05) is 13.0 Å². The molecule has 0 radical (unpaired) electrons. The molecule has 6 nitrogen and oxygen atoms in total. The highest BCUT2D eigenvalue weighted by Crippen LogP contribution is 2.06. The second kappa shape index (κ2) is 7.33. The Bertz CT molecular complexity index is 580. The number of aryl methyl sites for hydroxylation is 1. The third-order valence-corrected chi connectivity index (χ3v) is 2.84. The van der Waals surface area contributed by atoms with Gasteiger partial charge in [0.2, 0.25) is 0 Å². The number of carbonyl (C=O) groups is 1. The first kappa shape index (κ1) is 14.9. The van der Waals surface area contributed by atoms with Crippen molar-refractivity contribution in [1.29, 1.82) is 0 Å². The fourth-order valence-corrected chi connectivity index (χ4v) is 1.67. The second-order valence-corrected chi connectivity index (χ2v) is 4.69. The monoisotopic (exact) mass is 285 g/mol. The van der Waals surface area contributed by atoms with Gasteiger partial charge in [-0.05, 0) is 25.5 Å². The van der Waals surface area contributed by atoms with Crippen LogP contribution in [0.1, 0.15) is 35.2 Å². The molecule has 110 valence electrons. The van der Waals surface area contributed by atoms with Crippen LogP contribution in [0.2, 0.25) is 0 Å². The number of amides is 1. The van der Waals surface area contributed by atoms with Gasteiger partial charge in [0.15, 0.2) is 0 Å². The van der Waals surface area contributed by atoms with Crippen LogP contribution in [0.15, 0.2) is 30.7 Å². The summed E-state index contributed by atoms with van der Waals surface area (Å²) in [7, 11) is 0. The minimum Gasteiger partial charge on any atom is -0.384 e. The van der Waals surface area contributed by atoms with Crippen molar-refractivity contribution in [2.75, 3.05) is 11.9 Å². The normalized spacial score (nSPS) is 10.2. The third-order valence-electron chi connectivity index (χ3n) is 2.84. The number of nitrogens with zero attached hydrogens (tertiary/aromatic N) is 3. The largest absolute Gasteiger partial charge is 0.384 e. The summed E-state index contributed by atoms with van der Waals surface area (Å²) in [6.45, 7) is 5.19. The van der Waals surface area contributed by atoms with Gasteiger partial charge in [0.05, 0.1) is 36.0 Å². The molecule has 2 aromatic heterocycles. The zero-order valence-electron chi connectivity index (χ0n) is 12.3. The van der Waals surface area contributed by atoms with Crippen LogP contribution < -0.4 is 10.6 Å². The molecule has 0 aromatic carbocycles. The number of hydrogen-bond acceptors (Lipinski definition) is 5. The van der Waals surface area contributed by atoms with Crippen LogP contribution in [-0.2, 0) is 6.54 Å². The first-order chi connectivity index (χ1) is 10.2. The number of nitrogens with one attached hydrogen (secondary N) is 2. The van der Waals surface area contributed by atoms with Crippen LogP contribution in [0.5, 0.6) is 0 Å². The van der Waals surface area contributed by atoms with Gasteiger partial charge in [0.1, 0.15) is 5.69 Å². The van der Waals surface area contributed by atoms with Crippen molar-refractivity contribution in [3.8, 4) is 0 Å². The highest BCUT2D eigenvalue weighted by molar-refractivity contribution is 5.92. The maximum Gasteiger partial charge on any atom is 0.270 e. The molecule has 2 rings (SSSR count). The predicted molar refractivity (Wildman–Crippen MR) is 81.0 cm³/mol. The summed E-state index contributed by atoms with van der Waals surface area (Å²) in [6, 6.07) is 3.55. The van der Waals surface area contributed by atoms with E-state index in [-0.39, 0.29) is 5.91 Å². The summed E-state index contributed by atoms with van der Waals surface area (Å²) in [4.78, 5) is 24.4. The molecule has 0 aliphatic rings. The van der Waals surface area contributed by atoms with Crippen LogP contribution in [0.4, 0.5) is 5.69 Å². The number of anilines is 1. The van der Waals surface area contributed by atoms with Gasteiger partial charge in [0, 0.05) is 12.7 Å². The maximum atomic E-state index is 12.0. The van der Waals surface area contributed by atoms with Crippen molar-refractivity contribution in [1.82, 2.24) is 20.3 Å². The molecule has 0 fully saturated rings. The van der Waals surface area contributed by atoms with Crippen LogP contribution in [0, 0.1) is 6.92 Å². The topological polar surface area (TPSA) is 79.8 Å². The first-order valence-electron chi connectivity index (χ1n) is 6.94. The van der Waals surface area contributed by atoms with E-state index in [4.69, 9.17) is 0 Å². The Kier molecular flexibility index (Phi) is 5.20. The lowest BCUT2D eigenvalue weighted by atomic mass is 10.3. The molecule has 0 unspecified atom stereocenters. The molecule has 0 saturated carbocycles. The van der Waals surface area contributed by atoms with Crippen LogP contribution in [-0.4, -0.2) is 27.4 Å². The third kappa shape index (κ3) is 4.52. The highest BCUT2D eigenvalue weighted by Gasteiger charge is 2.07. The van der Waals surface area contributed by atoms with Gasteiger partial charge < -0.3 is 10.6 Å². The minimum atomic E-state index is -0.223. The van der Waals surface area contributed by atoms with E-state index in [0.29, 0.717) is 12.2 Å². The molecule has 0 bridgehead atoms. The first-order valence-corrected chi connectivity index (χ1v) is 6.94. The number of pyridine rings is 1. The molecule has 0 atom stereocenters. The maximum absolute atomic E-state index is 12.0. The SMILES string of the molecule is CCCNc1ccc(C(=O)NCc2cnc(C)cn2)nc1. The molecular formula is C15H19N5O. The van der Waals surface area contributed by atoms with E-state index >= 15 is 0 Å². The molecular weight excluding hydrogens is 266 g/mol. The van der Waals surface area contributed by atoms with Crippen molar-refractivity contribution < 1.29 is 4.79 Å². The molecule has 2 aromatic rings. The molecule has 6 heteroatoms. The lowest BCUT2D eigenvalue weighted by Crippen LogP contribution is -2.24. The van der Waals surface area contributed by atoms with Crippen molar-refractivity contribution in [3.63, 3.8) is 0 Å². The van der Waals surface area contributed by atoms with Crippen LogP contribution in [0.25, 0.3) is 0 Å². The number of carbonyl (C=O) groups excluding carboxylic acids is 1. The van der Waals surface area contributed by atoms with E-state index in [9.17, 15) is 4.79 Å². The van der Waals surface area contributed by atoms with Crippen LogP contribution >= 0.6 is 0 Å². The Hall–Kier alpha value is -2.50. The lowest BCUT2D eigenvalue weighted by Gasteiger charge is -2.06. The highest BCUT2D eigenvalue weighted by atomic mass is 16.1. The number of aromatic nitrogens is 3. The van der Waals surface area contributed by atoms with E-state index < -0.39 is 0 Å². The summed E-state index contributed by atoms with van der Waals surface area (Å²) in [5.41, 5.74) is 2.87. The molecule has 21 heavy (non-hydrogen) atoms. The molecule has 0 aliphatic heterocycles. The summed E-state index contributed by atoms with van der Waals surface area (Å²) >= 11 is 0. The average Bonchev–Trinajstić information content (AvgIpc) is 2.52. The zero-order valence-corrected chi connectivity index (χ0v) is 12.3. The van der Waals surface area contributed by atoms with E-state index in [1.54, 1.807) is 24.7 Å². The van der Waals surface area contributed by atoms with Gasteiger partial charge in [0.25, 0.3) is 5.91 Å². The average molecular weight is 285 g/mol. The molecule has 2 N–H and O–H groups in total. The van der Waals surface area contributed by atoms with Gasteiger partial charge >= 0.3 is 0 Å². The summed E-state index contributed by atoms with van der Waals surface area (Å²) in [5.74, 6) is -0.223. The van der Waals surface area contributed by atoms with Crippen molar-refractivity contribution >= 4 is 11.6 Å². The van der Waals surface area contributed by atoms with Gasteiger partial charge in [-0.15, -0.1) is 0 Å². The van der Waals surface area contributed by atoms with Crippen molar-refractivity contribution in [3.05, 3.63) is 47.8 Å². The van der Waals surface area contributed by atoms with Gasteiger partial charge in [-0.3, -0.25) is 14.8 Å². The molecule has 0 spiro atoms. The molecule has 2 heterocycles. The Balaban J connectivity index is 1.89. The molecule has 0 aliphatic carbocycles. The Morgan fingerprint density at radius 3 is 2.62 bits per heavy atom. The summed E-state index contributed by atoms with van der Waals surface area (Å²) < 4.78 is 0. The standard InChI is InChI=1S/C15H19N5O/c1-3-6-16-12-4-5-14(19-8-12)15(21)20-10-13-9-17-11(2)7-18-13/h4-5,7-9,16H,3,6,10H2,1-2H3,(H,20,21). The Morgan fingerprint density at radius 2 is 2.00 bits per heavy atom. The molecule has 1 amide bonds. The molecule has 0 saturated heterocycles. The smallest absolute Gasteiger partial charge is 0.270 e. The Morgan fingerprint density at radius 1 is 1.14 bits per heavy atom. The summed E-state index contributed by atoms with van der Waals surface area (Å²) in [5, 5.41) is 5.98. The van der Waals surface area contributed by atoms with Crippen molar-refractivity contribution in [2.24, 2.45) is 0 Å². The van der Waals surface area contributed by atoms with E-state index in [0.717, 1.165) is 30.0 Å². The fraction of sp³-hybridized carbons (Fsp3) is 0.333. The van der Waals surface area contributed by atoms with Gasteiger partial charge in [-0.1, -0.05) is 6.92 Å². The number of hydrogen-bond donors (Lipinski definition) is 2. The summed E-state index contributed by atoms with van der Waals surface area (Å²) in [6.07, 6.45) is 6.03. The lowest BCUT2D eigenvalue weighted by molar-refractivity contribution is 0.0945. The Labute approximate surface area is 124 Å². The van der Waals surface area contributed by atoms with E-state index in [1.165, 1.54) is 0 Å². The van der Waals surface area contributed by atoms with Crippen LogP contribution in [0.3, 0.4) is 0 Å². The van der Waals surface area contributed by atoms with Crippen molar-refractivity contribution in [2.45, 2.75) is 26.8 Å². The van der Waals surface area contributed by atoms with E-state index in [2.05, 4.69) is 32.5 Å². The quantitative estimate of drug-likeness (QED) is 0.847. The minimum absolute atomic E-state index is 0.223. The predicted octanol–water partition coefficient (Wildman–Crippen LogP) is 1.93. The second-order valence-electron chi connectivity index (χ2n) is 4.69. The van der Waals surface area contributed by atoms with Gasteiger partial charge in [-0.25, -0.2) is 4.98 Å². The zero-order chi connectivity index (χ0) is 15.1. The fourth-order valence-electron chi connectivity index (χ4n) is 1.67. The number of rotatable bonds is 6. The van der Waals surface area contributed by atoms with Gasteiger partial charge in [-0.2, -0.15) is 0 Å².